The first kappa shape index (κ1) is 18.2. The van der Waals surface area contributed by atoms with Crippen LogP contribution in [0.5, 0.6) is 5.75 Å². The van der Waals surface area contributed by atoms with Gasteiger partial charge in [0.15, 0.2) is 6.61 Å². The minimum absolute atomic E-state index is 0.0255. The zero-order chi connectivity index (χ0) is 19.2. The summed E-state index contributed by atoms with van der Waals surface area (Å²) in [6, 6.07) is 14.1. The normalized spacial score (nSPS) is 10.4. The average Bonchev–Trinajstić information content (AvgIpc) is 3.09. The number of rotatable bonds is 6. The highest BCUT2D eigenvalue weighted by molar-refractivity contribution is 6.06. The van der Waals surface area contributed by atoms with Crippen molar-refractivity contribution in [3.8, 4) is 5.75 Å². The fourth-order valence-electron chi connectivity index (χ4n) is 2.69. The summed E-state index contributed by atoms with van der Waals surface area (Å²) in [5, 5.41) is 3.10. The van der Waals surface area contributed by atoms with E-state index in [1.807, 2.05) is 24.3 Å². The number of aromatic nitrogens is 1. The zero-order valence-corrected chi connectivity index (χ0v) is 14.7. The molecule has 7 heteroatoms. The van der Waals surface area contributed by atoms with Gasteiger partial charge in [-0.05, 0) is 23.8 Å². The third kappa shape index (κ3) is 4.33. The van der Waals surface area contributed by atoms with Crippen molar-refractivity contribution in [2.75, 3.05) is 13.7 Å². The van der Waals surface area contributed by atoms with Gasteiger partial charge in [-0.2, -0.15) is 0 Å². The number of amides is 2. The monoisotopic (exact) mass is 366 g/mol. The van der Waals surface area contributed by atoms with E-state index in [1.54, 1.807) is 24.4 Å². The van der Waals surface area contributed by atoms with Crippen molar-refractivity contribution in [2.24, 2.45) is 0 Å². The maximum absolute atomic E-state index is 12.1. The van der Waals surface area contributed by atoms with Crippen molar-refractivity contribution in [3.05, 3.63) is 65.9 Å². The van der Waals surface area contributed by atoms with Crippen molar-refractivity contribution < 1.29 is 23.9 Å². The van der Waals surface area contributed by atoms with Crippen molar-refractivity contribution in [1.29, 1.82) is 0 Å². The van der Waals surface area contributed by atoms with Crippen molar-refractivity contribution >= 4 is 28.7 Å². The van der Waals surface area contributed by atoms with Crippen molar-refractivity contribution in [2.45, 2.75) is 6.42 Å². The van der Waals surface area contributed by atoms with E-state index in [1.165, 1.54) is 13.2 Å². The van der Waals surface area contributed by atoms with Crippen LogP contribution in [-0.2, 0) is 20.7 Å². The number of H-pyrrole nitrogens is 1. The molecule has 3 aromatic rings. The quantitative estimate of drug-likeness (QED) is 0.652. The Morgan fingerprint density at radius 1 is 1.04 bits per heavy atom. The lowest BCUT2D eigenvalue weighted by atomic mass is 10.1. The molecule has 3 rings (SSSR count). The van der Waals surface area contributed by atoms with Crippen LogP contribution in [0.1, 0.15) is 15.9 Å². The van der Waals surface area contributed by atoms with Crippen molar-refractivity contribution in [3.63, 3.8) is 0 Å². The molecular weight excluding hydrogens is 348 g/mol. The standard InChI is InChI=1S/C20H18N2O5/c1-26-17-9-5-3-7-15(17)20(25)22-18(23)12-27-19(24)10-13-11-21-16-8-4-2-6-14(13)16/h2-9,11,21H,10,12H2,1H3,(H,22,23,25). The molecule has 0 atom stereocenters. The van der Waals surface area contributed by atoms with Crippen LogP contribution in [0.15, 0.2) is 54.7 Å². The summed E-state index contributed by atoms with van der Waals surface area (Å²) in [6.45, 7) is -0.540. The van der Waals surface area contributed by atoms with Crippen molar-refractivity contribution in [1.82, 2.24) is 10.3 Å². The van der Waals surface area contributed by atoms with E-state index in [4.69, 9.17) is 9.47 Å². The third-order valence-electron chi connectivity index (χ3n) is 3.98. The first-order valence-corrected chi connectivity index (χ1v) is 8.26. The predicted octanol–water partition coefficient (Wildman–Crippen LogP) is 2.22. The van der Waals surface area contributed by atoms with E-state index in [0.29, 0.717) is 5.75 Å². The topological polar surface area (TPSA) is 97.5 Å². The summed E-state index contributed by atoms with van der Waals surface area (Å²) in [7, 11) is 1.43. The number of hydrogen-bond acceptors (Lipinski definition) is 5. The van der Waals surface area contributed by atoms with E-state index in [0.717, 1.165) is 16.5 Å². The van der Waals surface area contributed by atoms with E-state index in [9.17, 15) is 14.4 Å². The number of aromatic amines is 1. The lowest BCUT2D eigenvalue weighted by Gasteiger charge is -2.08. The number of hydrogen-bond donors (Lipinski definition) is 2. The zero-order valence-electron chi connectivity index (χ0n) is 14.7. The van der Waals surface area contributed by atoms with Crippen LogP contribution in [0.3, 0.4) is 0 Å². The number of ether oxygens (including phenoxy) is 2. The average molecular weight is 366 g/mol. The fourth-order valence-corrected chi connectivity index (χ4v) is 2.69. The summed E-state index contributed by atoms with van der Waals surface area (Å²) in [6.07, 6.45) is 1.76. The second-order valence-corrected chi connectivity index (χ2v) is 5.77. The summed E-state index contributed by atoms with van der Waals surface area (Å²) >= 11 is 0. The van der Waals surface area contributed by atoms with Gasteiger partial charge in [0, 0.05) is 17.1 Å². The molecule has 2 N–H and O–H groups in total. The molecule has 0 radical (unpaired) electrons. The van der Waals surface area contributed by atoms with Gasteiger partial charge in [0.05, 0.1) is 19.1 Å². The number of methoxy groups -OCH3 is 1. The lowest BCUT2D eigenvalue weighted by Crippen LogP contribution is -2.34. The van der Waals surface area contributed by atoms with Gasteiger partial charge in [-0.15, -0.1) is 0 Å². The second kappa shape index (κ2) is 8.18. The van der Waals surface area contributed by atoms with Crippen LogP contribution in [0.4, 0.5) is 0 Å². The van der Waals surface area contributed by atoms with Gasteiger partial charge in [0.2, 0.25) is 0 Å². The number of esters is 1. The Kier molecular flexibility index (Phi) is 5.51. The molecule has 0 unspecified atom stereocenters. The molecule has 1 aromatic heterocycles. The number of imide groups is 1. The van der Waals surface area contributed by atoms with E-state index in [-0.39, 0.29) is 12.0 Å². The number of carbonyl (C=O) groups is 3. The Morgan fingerprint density at radius 3 is 2.59 bits per heavy atom. The first-order chi connectivity index (χ1) is 13.1. The summed E-state index contributed by atoms with van der Waals surface area (Å²) in [4.78, 5) is 39.1. The SMILES string of the molecule is COc1ccccc1C(=O)NC(=O)COC(=O)Cc1c[nH]c2ccccc12. The minimum atomic E-state index is -0.710. The first-order valence-electron chi connectivity index (χ1n) is 8.26. The van der Waals surface area contributed by atoms with Gasteiger partial charge in [0.25, 0.3) is 11.8 Å². The largest absolute Gasteiger partial charge is 0.496 e. The molecule has 0 aliphatic carbocycles. The number of benzene rings is 2. The van der Waals surface area contributed by atoms with Gasteiger partial charge < -0.3 is 14.5 Å². The highest BCUT2D eigenvalue weighted by atomic mass is 16.5. The minimum Gasteiger partial charge on any atom is -0.496 e. The molecule has 2 amide bonds. The van der Waals surface area contributed by atoms with Gasteiger partial charge in [-0.3, -0.25) is 19.7 Å². The van der Waals surface area contributed by atoms with Crippen LogP contribution >= 0.6 is 0 Å². The van der Waals surface area contributed by atoms with E-state index in [2.05, 4.69) is 10.3 Å². The number of para-hydroxylation sites is 2. The number of carbonyl (C=O) groups excluding carboxylic acids is 3. The summed E-state index contributed by atoms with van der Waals surface area (Å²) < 4.78 is 10.1. The maximum Gasteiger partial charge on any atom is 0.310 e. The van der Waals surface area contributed by atoms with E-state index < -0.39 is 24.4 Å². The van der Waals surface area contributed by atoms with E-state index >= 15 is 0 Å². The Balaban J connectivity index is 1.53. The molecule has 27 heavy (non-hydrogen) atoms. The molecule has 0 saturated heterocycles. The van der Waals surface area contributed by atoms with Crippen LogP contribution in [0.2, 0.25) is 0 Å². The molecule has 0 bridgehead atoms. The number of nitrogens with one attached hydrogen (secondary N) is 2. The van der Waals surface area contributed by atoms with Gasteiger partial charge in [-0.25, -0.2) is 0 Å². The highest BCUT2D eigenvalue weighted by Crippen LogP contribution is 2.18. The molecule has 0 aliphatic heterocycles. The molecule has 0 spiro atoms. The molecule has 0 fully saturated rings. The Hall–Kier alpha value is -3.61. The molecule has 0 aliphatic rings. The van der Waals surface area contributed by atoms with Crippen LogP contribution in [0, 0.1) is 0 Å². The molecular formula is C20H18N2O5. The number of fused-ring (bicyclic) bond motifs is 1. The maximum atomic E-state index is 12.1. The van der Waals surface area contributed by atoms with Gasteiger partial charge in [-0.1, -0.05) is 30.3 Å². The van der Waals surface area contributed by atoms with Crippen LogP contribution in [0.25, 0.3) is 10.9 Å². The summed E-state index contributed by atoms with van der Waals surface area (Å²) in [5.41, 5.74) is 1.92. The molecule has 0 saturated carbocycles. The van der Waals surface area contributed by atoms with Crippen LogP contribution in [-0.4, -0.2) is 36.5 Å². The summed E-state index contributed by atoms with van der Waals surface area (Å²) in [5.74, 6) is -1.54. The van der Waals surface area contributed by atoms with Crippen LogP contribution < -0.4 is 10.1 Å². The molecule has 1 heterocycles. The second-order valence-electron chi connectivity index (χ2n) is 5.77. The fraction of sp³-hybridized carbons (Fsp3) is 0.150. The molecule has 7 nitrogen and oxygen atoms in total. The van der Waals surface area contributed by atoms with Gasteiger partial charge in [0.1, 0.15) is 5.75 Å². The Morgan fingerprint density at radius 2 is 1.78 bits per heavy atom. The predicted molar refractivity (Wildman–Crippen MR) is 98.4 cm³/mol. The third-order valence-corrected chi connectivity index (χ3v) is 3.98. The highest BCUT2D eigenvalue weighted by Gasteiger charge is 2.16. The Labute approximate surface area is 155 Å². The lowest BCUT2D eigenvalue weighted by molar-refractivity contribution is -0.147. The molecule has 138 valence electrons. The smallest absolute Gasteiger partial charge is 0.310 e. The molecule has 2 aromatic carbocycles. The Bertz CT molecular complexity index is 993. The van der Waals surface area contributed by atoms with Gasteiger partial charge >= 0.3 is 5.97 Å².